The number of hydrogen-bond acceptors (Lipinski definition) is 2. The van der Waals surface area contributed by atoms with Crippen LogP contribution in [0.4, 0.5) is 13.2 Å². The number of halogens is 3. The number of hydrogen-bond donors (Lipinski definition) is 1. The van der Waals surface area contributed by atoms with Crippen LogP contribution >= 0.6 is 0 Å². The number of carboxylic acids is 1. The summed E-state index contributed by atoms with van der Waals surface area (Å²) in [6, 6.07) is 0. The van der Waals surface area contributed by atoms with Gasteiger partial charge in [0.15, 0.2) is 0 Å². The van der Waals surface area contributed by atoms with E-state index in [1.807, 2.05) is 0 Å². The number of carbonyl (C=O) groups is 2. The summed E-state index contributed by atoms with van der Waals surface area (Å²) in [4.78, 5) is 21.7. The number of carbonyl (C=O) groups excluding carboxylic acids is 1. The van der Waals surface area contributed by atoms with E-state index in [2.05, 4.69) is 6.58 Å². The van der Waals surface area contributed by atoms with Crippen LogP contribution in [-0.4, -0.2) is 41.1 Å². The minimum atomic E-state index is -5.00. The fourth-order valence-corrected chi connectivity index (χ4v) is 0.984. The Kier molecular flexibility index (Phi) is 5.00. The Bertz CT molecular complexity index is 288. The lowest BCUT2D eigenvalue weighted by molar-refractivity contribution is -0.185. The summed E-state index contributed by atoms with van der Waals surface area (Å²) < 4.78 is 36.3. The van der Waals surface area contributed by atoms with E-state index in [9.17, 15) is 22.8 Å². The molecule has 0 saturated carbocycles. The van der Waals surface area contributed by atoms with Crippen LogP contribution in [-0.2, 0) is 9.59 Å². The average molecular weight is 239 g/mol. The van der Waals surface area contributed by atoms with Crippen LogP contribution in [0.5, 0.6) is 0 Å². The van der Waals surface area contributed by atoms with Gasteiger partial charge in [-0.05, 0) is 0 Å². The van der Waals surface area contributed by atoms with Crippen molar-refractivity contribution < 1.29 is 27.9 Å². The van der Waals surface area contributed by atoms with Crippen LogP contribution in [0.15, 0.2) is 12.7 Å². The molecular weight excluding hydrogens is 227 g/mol. The third kappa shape index (κ3) is 4.33. The molecule has 0 aromatic heterocycles. The lowest BCUT2D eigenvalue weighted by Crippen LogP contribution is -2.44. The zero-order valence-corrected chi connectivity index (χ0v) is 8.62. The lowest BCUT2D eigenvalue weighted by atomic mass is 10.1. The molecule has 1 atom stereocenters. The molecule has 0 aromatic rings. The Morgan fingerprint density at radius 2 is 2.00 bits per heavy atom. The molecular formula is C9H12F3NO3. The number of aliphatic carboxylic acids is 1. The zero-order chi connectivity index (χ0) is 12.9. The van der Waals surface area contributed by atoms with Crippen molar-refractivity contribution in [2.45, 2.75) is 13.1 Å². The van der Waals surface area contributed by atoms with Crippen LogP contribution in [0.2, 0.25) is 0 Å². The van der Waals surface area contributed by atoms with Gasteiger partial charge in [0, 0.05) is 13.1 Å². The fraction of sp³-hybridized carbons (Fsp3) is 0.556. The van der Waals surface area contributed by atoms with Gasteiger partial charge < -0.3 is 10.0 Å². The maximum atomic E-state index is 12.1. The quantitative estimate of drug-likeness (QED) is 0.735. The largest absolute Gasteiger partial charge is 0.481 e. The molecule has 1 unspecified atom stereocenters. The number of nitrogens with zero attached hydrogens (tertiary/aromatic N) is 1. The van der Waals surface area contributed by atoms with E-state index in [0.717, 1.165) is 6.08 Å². The highest BCUT2D eigenvalue weighted by Crippen LogP contribution is 2.19. The van der Waals surface area contributed by atoms with Gasteiger partial charge in [0.25, 0.3) is 0 Å². The molecule has 0 heterocycles. The molecule has 4 nitrogen and oxygen atoms in total. The van der Waals surface area contributed by atoms with Crippen LogP contribution < -0.4 is 0 Å². The number of amides is 1. The first kappa shape index (κ1) is 14.5. The monoisotopic (exact) mass is 239 g/mol. The van der Waals surface area contributed by atoms with Gasteiger partial charge in [-0.15, -0.1) is 6.58 Å². The molecule has 0 aliphatic heterocycles. The normalized spacial score (nSPS) is 13.0. The molecule has 0 rings (SSSR count). The maximum absolute atomic E-state index is 12.1. The standard InChI is InChI=1S/C9H12F3NO3/c1-3-4-13(5-6(2)7(14)15)8(16)9(10,11)12/h3,6H,1,4-5H2,2H3,(H,14,15). The van der Waals surface area contributed by atoms with Crippen molar-refractivity contribution in [1.29, 1.82) is 0 Å². The molecule has 0 aliphatic rings. The van der Waals surface area contributed by atoms with Crippen LogP contribution in [0.1, 0.15) is 6.92 Å². The van der Waals surface area contributed by atoms with E-state index in [4.69, 9.17) is 5.11 Å². The van der Waals surface area contributed by atoms with Crippen LogP contribution in [0.3, 0.4) is 0 Å². The molecule has 0 aliphatic carbocycles. The van der Waals surface area contributed by atoms with Gasteiger partial charge in [0.2, 0.25) is 0 Å². The molecule has 1 amide bonds. The third-order valence-corrected chi connectivity index (χ3v) is 1.80. The van der Waals surface area contributed by atoms with Gasteiger partial charge >= 0.3 is 18.1 Å². The molecule has 0 saturated heterocycles. The van der Waals surface area contributed by atoms with E-state index in [1.165, 1.54) is 6.92 Å². The van der Waals surface area contributed by atoms with Crippen LogP contribution in [0.25, 0.3) is 0 Å². The Morgan fingerprint density at radius 3 is 2.31 bits per heavy atom. The van der Waals surface area contributed by atoms with Crippen LogP contribution in [0, 0.1) is 5.92 Å². The minimum absolute atomic E-state index is 0.337. The Hall–Kier alpha value is -1.53. The predicted molar refractivity (Wildman–Crippen MR) is 49.6 cm³/mol. The highest BCUT2D eigenvalue weighted by Gasteiger charge is 2.42. The number of rotatable bonds is 5. The van der Waals surface area contributed by atoms with Gasteiger partial charge in [0.1, 0.15) is 0 Å². The molecule has 0 spiro atoms. The van der Waals surface area contributed by atoms with E-state index in [0.29, 0.717) is 4.90 Å². The minimum Gasteiger partial charge on any atom is -0.481 e. The zero-order valence-electron chi connectivity index (χ0n) is 8.62. The summed E-state index contributed by atoms with van der Waals surface area (Å²) in [7, 11) is 0. The summed E-state index contributed by atoms with van der Waals surface area (Å²) >= 11 is 0. The first-order chi connectivity index (χ1) is 7.20. The van der Waals surface area contributed by atoms with Crippen molar-refractivity contribution in [2.24, 2.45) is 5.92 Å². The molecule has 0 fully saturated rings. The van der Waals surface area contributed by atoms with Gasteiger partial charge in [0.05, 0.1) is 5.92 Å². The van der Waals surface area contributed by atoms with Crippen molar-refractivity contribution in [3.05, 3.63) is 12.7 Å². The molecule has 0 aromatic carbocycles. The Morgan fingerprint density at radius 1 is 1.50 bits per heavy atom. The van der Waals surface area contributed by atoms with E-state index < -0.39 is 30.5 Å². The second kappa shape index (κ2) is 5.53. The fourth-order valence-electron chi connectivity index (χ4n) is 0.984. The molecule has 16 heavy (non-hydrogen) atoms. The summed E-state index contributed by atoms with van der Waals surface area (Å²) in [5.41, 5.74) is 0. The van der Waals surface area contributed by atoms with Crippen molar-refractivity contribution in [3.63, 3.8) is 0 Å². The first-order valence-corrected chi connectivity index (χ1v) is 4.40. The van der Waals surface area contributed by atoms with Crippen molar-refractivity contribution in [1.82, 2.24) is 4.90 Å². The summed E-state index contributed by atoms with van der Waals surface area (Å²) in [6.45, 7) is 3.60. The highest BCUT2D eigenvalue weighted by molar-refractivity contribution is 5.82. The van der Waals surface area contributed by atoms with Crippen molar-refractivity contribution in [2.75, 3.05) is 13.1 Å². The molecule has 1 N–H and O–H groups in total. The smallest absolute Gasteiger partial charge is 0.471 e. The third-order valence-electron chi connectivity index (χ3n) is 1.80. The summed E-state index contributed by atoms with van der Waals surface area (Å²) in [6.07, 6.45) is -3.89. The molecule has 7 heteroatoms. The topological polar surface area (TPSA) is 57.6 Å². The van der Waals surface area contributed by atoms with Gasteiger partial charge in [-0.2, -0.15) is 13.2 Å². The van der Waals surface area contributed by atoms with E-state index in [-0.39, 0.29) is 6.54 Å². The van der Waals surface area contributed by atoms with Gasteiger partial charge in [-0.3, -0.25) is 9.59 Å². The van der Waals surface area contributed by atoms with Crippen molar-refractivity contribution in [3.8, 4) is 0 Å². The molecule has 92 valence electrons. The van der Waals surface area contributed by atoms with Gasteiger partial charge in [-0.25, -0.2) is 0 Å². The number of alkyl halides is 3. The average Bonchev–Trinajstić information content (AvgIpc) is 2.14. The Labute approximate surface area is 90.3 Å². The lowest BCUT2D eigenvalue weighted by Gasteiger charge is -2.23. The predicted octanol–water partition coefficient (Wildman–Crippen LogP) is 1.28. The number of carboxylic acid groups (broad SMARTS) is 1. The van der Waals surface area contributed by atoms with Gasteiger partial charge in [-0.1, -0.05) is 13.0 Å². The SMILES string of the molecule is C=CCN(CC(C)C(=O)O)C(=O)C(F)(F)F. The molecule has 0 radical (unpaired) electrons. The summed E-state index contributed by atoms with van der Waals surface area (Å²) in [5, 5.41) is 8.54. The highest BCUT2D eigenvalue weighted by atomic mass is 19.4. The first-order valence-electron chi connectivity index (χ1n) is 4.40. The van der Waals surface area contributed by atoms with E-state index in [1.54, 1.807) is 0 Å². The second-order valence-electron chi connectivity index (χ2n) is 3.24. The van der Waals surface area contributed by atoms with Crippen molar-refractivity contribution >= 4 is 11.9 Å². The maximum Gasteiger partial charge on any atom is 0.471 e. The van der Waals surface area contributed by atoms with E-state index >= 15 is 0 Å². The molecule has 0 bridgehead atoms. The summed E-state index contributed by atoms with van der Waals surface area (Å²) in [5.74, 6) is -4.38. The second-order valence-corrected chi connectivity index (χ2v) is 3.24. The Balaban J connectivity index is 4.68.